The Labute approximate surface area is 304 Å². The molecule has 276 valence electrons. The van der Waals surface area contributed by atoms with Gasteiger partial charge >= 0.3 is 5.97 Å². The van der Waals surface area contributed by atoms with Crippen LogP contribution in [0.4, 0.5) is 0 Å². The molecule has 5 aliphatic rings. The molecule has 5 saturated carbocycles. The highest BCUT2D eigenvalue weighted by Crippen LogP contribution is 2.76. The summed E-state index contributed by atoms with van der Waals surface area (Å²) >= 11 is 0. The van der Waals surface area contributed by atoms with Crippen LogP contribution in [0.1, 0.15) is 137 Å². The van der Waals surface area contributed by atoms with Gasteiger partial charge in [-0.2, -0.15) is 0 Å². The smallest absolute Gasteiger partial charge is 0.337 e. The van der Waals surface area contributed by atoms with Gasteiger partial charge in [-0.25, -0.2) is 4.79 Å². The summed E-state index contributed by atoms with van der Waals surface area (Å²) in [6, 6.07) is 10.6. The van der Waals surface area contributed by atoms with Crippen molar-refractivity contribution in [3.05, 3.63) is 65.0 Å². The highest BCUT2D eigenvalue weighted by molar-refractivity contribution is 5.94. The second-order valence-electron chi connectivity index (χ2n) is 18.4. The number of carbonyl (C=O) groups excluding carboxylic acids is 2. The van der Waals surface area contributed by atoms with Crippen LogP contribution in [0.5, 0.6) is 0 Å². The van der Waals surface area contributed by atoms with Gasteiger partial charge in [-0.1, -0.05) is 53.2 Å². The maximum absolute atomic E-state index is 14.3. The summed E-state index contributed by atoms with van der Waals surface area (Å²) in [5, 5.41) is 26.4. The molecule has 8 nitrogen and oxygen atoms in total. The van der Waals surface area contributed by atoms with Crippen LogP contribution in [-0.4, -0.2) is 45.6 Å². The van der Waals surface area contributed by atoms with E-state index in [0.29, 0.717) is 47.9 Å². The third-order valence-electron chi connectivity index (χ3n) is 16.2. The minimum atomic E-state index is -1.04. The lowest BCUT2D eigenvalue weighted by Gasteiger charge is -2.72. The first-order chi connectivity index (χ1) is 24.2. The number of carboxylic acid groups (broad SMARTS) is 1. The number of benzene rings is 1. The number of pyridine rings is 1. The van der Waals surface area contributed by atoms with Crippen molar-refractivity contribution in [1.82, 2.24) is 15.6 Å². The standard InChI is InChI=1S/C43H59N3O5/c1-39(2)33-15-20-42(5)34(40(33,3)19-16-35(39)47)14-13-31-32-10-7-18-43(32,22-21-41(31,42)4)38(51)44-23-17-27-8-6-9-28(24-27)36(48)46-26-30-12-11-29(25-45-30)37(49)50/h6,8-9,11-12,24-25,31-35,47H,7,10,13-23,26H2,1-5H3,(H,44,51)(H,46,48)(H,49,50)/t31?,32?,33?,34?,35?,40?,41-,42?,43?/m1/s1. The molecular formula is C43H59N3O5. The second-order valence-corrected chi connectivity index (χ2v) is 18.4. The Kier molecular flexibility index (Phi) is 9.20. The van der Waals surface area contributed by atoms with Gasteiger partial charge in [0.25, 0.3) is 5.91 Å². The zero-order valence-electron chi connectivity index (χ0n) is 31.4. The molecule has 8 unspecified atom stereocenters. The summed E-state index contributed by atoms with van der Waals surface area (Å²) in [6.45, 7) is 13.2. The Hall–Kier alpha value is -3.26. The van der Waals surface area contributed by atoms with E-state index in [4.69, 9.17) is 5.11 Å². The lowest BCUT2D eigenvalue weighted by Crippen LogP contribution is -2.67. The largest absolute Gasteiger partial charge is 0.478 e. The molecule has 4 N–H and O–H groups in total. The van der Waals surface area contributed by atoms with Gasteiger partial charge in [0.2, 0.25) is 5.91 Å². The van der Waals surface area contributed by atoms with Crippen molar-refractivity contribution in [2.75, 3.05) is 6.54 Å². The van der Waals surface area contributed by atoms with E-state index in [9.17, 15) is 19.5 Å². The first-order valence-corrected chi connectivity index (χ1v) is 19.7. The summed E-state index contributed by atoms with van der Waals surface area (Å²) in [7, 11) is 0. The molecule has 0 aliphatic heterocycles. The molecule has 1 heterocycles. The van der Waals surface area contributed by atoms with E-state index < -0.39 is 5.97 Å². The molecule has 1 aromatic heterocycles. The summed E-state index contributed by atoms with van der Waals surface area (Å²) < 4.78 is 0. The minimum Gasteiger partial charge on any atom is -0.478 e. The Morgan fingerprint density at radius 3 is 2.35 bits per heavy atom. The number of aliphatic hydroxyl groups excluding tert-OH is 1. The SMILES string of the molecule is CC1(C)C(O)CCC2(C)C1CCC1(C)C2CCC2C3CCCC3(C(=O)NCCc3cccc(C(=O)NCc4ccc(C(=O)O)cn4)c3)CC[C@]21C. The number of fused-ring (bicyclic) bond motifs is 7. The fourth-order valence-corrected chi connectivity index (χ4v) is 13.2. The predicted molar refractivity (Wildman–Crippen MR) is 197 cm³/mol. The fraction of sp³-hybridized carbons (Fsp3) is 0.674. The number of carboxylic acids is 1. The average molecular weight is 698 g/mol. The van der Waals surface area contributed by atoms with Crippen LogP contribution in [0.2, 0.25) is 0 Å². The number of nitrogens with one attached hydrogen (secondary N) is 2. The molecule has 5 fully saturated rings. The van der Waals surface area contributed by atoms with E-state index >= 15 is 0 Å². The Morgan fingerprint density at radius 2 is 1.61 bits per heavy atom. The molecule has 5 aliphatic carbocycles. The first-order valence-electron chi connectivity index (χ1n) is 19.7. The van der Waals surface area contributed by atoms with Crippen molar-refractivity contribution < 1.29 is 24.6 Å². The lowest BCUT2D eigenvalue weighted by atomic mass is 9.32. The topological polar surface area (TPSA) is 129 Å². The van der Waals surface area contributed by atoms with E-state index in [1.54, 1.807) is 12.1 Å². The van der Waals surface area contributed by atoms with Crippen LogP contribution in [0.25, 0.3) is 0 Å². The van der Waals surface area contributed by atoms with Crippen LogP contribution >= 0.6 is 0 Å². The molecule has 9 atom stereocenters. The van der Waals surface area contributed by atoms with E-state index in [1.807, 2.05) is 18.2 Å². The summed E-state index contributed by atoms with van der Waals surface area (Å²) in [6.07, 6.45) is 14.1. The zero-order valence-corrected chi connectivity index (χ0v) is 31.4. The third-order valence-corrected chi connectivity index (χ3v) is 16.2. The van der Waals surface area contributed by atoms with Gasteiger partial charge in [0.1, 0.15) is 0 Å². The molecular weight excluding hydrogens is 638 g/mol. The van der Waals surface area contributed by atoms with Crippen LogP contribution in [0.3, 0.4) is 0 Å². The molecule has 2 amide bonds. The summed E-state index contributed by atoms with van der Waals surface area (Å²) in [5.41, 5.74) is 2.65. The number of nitrogens with zero attached hydrogens (tertiary/aromatic N) is 1. The van der Waals surface area contributed by atoms with Crippen molar-refractivity contribution in [2.45, 2.75) is 124 Å². The van der Waals surface area contributed by atoms with Gasteiger partial charge in [-0.05, 0) is 146 Å². The highest BCUT2D eigenvalue weighted by atomic mass is 16.4. The molecule has 1 aromatic carbocycles. The van der Waals surface area contributed by atoms with Crippen LogP contribution in [0.15, 0.2) is 42.6 Å². The maximum Gasteiger partial charge on any atom is 0.337 e. The van der Waals surface area contributed by atoms with Crippen LogP contribution in [0, 0.1) is 50.7 Å². The molecule has 51 heavy (non-hydrogen) atoms. The number of hydrogen-bond acceptors (Lipinski definition) is 5. The minimum absolute atomic E-state index is 0.0396. The van der Waals surface area contributed by atoms with Crippen molar-refractivity contribution in [3.63, 3.8) is 0 Å². The van der Waals surface area contributed by atoms with Gasteiger partial charge in [-0.15, -0.1) is 0 Å². The average Bonchev–Trinajstić information content (AvgIpc) is 3.55. The maximum atomic E-state index is 14.3. The lowest BCUT2D eigenvalue weighted by molar-refractivity contribution is -0.244. The monoisotopic (exact) mass is 697 g/mol. The molecule has 8 heteroatoms. The number of hydrogen-bond donors (Lipinski definition) is 4. The van der Waals surface area contributed by atoms with Gasteiger partial charge in [0, 0.05) is 18.3 Å². The fourth-order valence-electron chi connectivity index (χ4n) is 13.2. The van der Waals surface area contributed by atoms with Crippen molar-refractivity contribution in [1.29, 1.82) is 0 Å². The Balaban J connectivity index is 0.987. The molecule has 0 radical (unpaired) electrons. The zero-order chi connectivity index (χ0) is 36.4. The number of aromatic carboxylic acids is 1. The highest BCUT2D eigenvalue weighted by Gasteiger charge is 2.70. The summed E-state index contributed by atoms with van der Waals surface area (Å²) in [4.78, 5) is 42.4. The van der Waals surface area contributed by atoms with E-state index in [-0.39, 0.29) is 57.1 Å². The van der Waals surface area contributed by atoms with E-state index in [2.05, 4.69) is 50.2 Å². The number of aliphatic hydroxyl groups is 1. The molecule has 7 rings (SSSR count). The quantitative estimate of drug-likeness (QED) is 0.225. The first kappa shape index (κ1) is 36.1. The third kappa shape index (κ3) is 5.73. The second kappa shape index (κ2) is 13.0. The molecule has 2 aromatic rings. The predicted octanol–water partition coefficient (Wildman–Crippen LogP) is 7.58. The van der Waals surface area contributed by atoms with Gasteiger partial charge in [-0.3, -0.25) is 14.6 Å². The van der Waals surface area contributed by atoms with Gasteiger partial charge in [0.15, 0.2) is 0 Å². The molecule has 0 saturated heterocycles. The van der Waals surface area contributed by atoms with Crippen molar-refractivity contribution in [2.24, 2.45) is 50.7 Å². The van der Waals surface area contributed by atoms with E-state index in [1.165, 1.54) is 37.9 Å². The van der Waals surface area contributed by atoms with Crippen LogP contribution in [-0.2, 0) is 17.8 Å². The van der Waals surface area contributed by atoms with Crippen LogP contribution < -0.4 is 10.6 Å². The number of carbonyl (C=O) groups is 3. The molecule has 0 bridgehead atoms. The van der Waals surface area contributed by atoms with Crippen molar-refractivity contribution >= 4 is 17.8 Å². The Bertz CT molecular complexity index is 1670. The van der Waals surface area contributed by atoms with Crippen molar-refractivity contribution in [3.8, 4) is 0 Å². The summed E-state index contributed by atoms with van der Waals surface area (Å²) in [5.74, 6) is 1.22. The van der Waals surface area contributed by atoms with E-state index in [0.717, 1.165) is 50.5 Å². The van der Waals surface area contributed by atoms with Gasteiger partial charge < -0.3 is 20.8 Å². The molecule has 0 spiro atoms. The normalized spacial score (nSPS) is 38.0. The number of aromatic nitrogens is 1. The number of rotatable bonds is 8. The Morgan fingerprint density at radius 1 is 0.804 bits per heavy atom. The van der Waals surface area contributed by atoms with Gasteiger partial charge in [0.05, 0.1) is 29.3 Å². The number of amides is 2.